The second-order valence-electron chi connectivity index (χ2n) is 7.99. The number of hydrogen-bond donors (Lipinski definition) is 1. The molecular weight excluding hydrogens is 314 g/mol. The molecule has 1 N–H and O–H groups in total. The van der Waals surface area contributed by atoms with E-state index in [9.17, 15) is 4.79 Å². The lowest BCUT2D eigenvalue weighted by Gasteiger charge is -2.34. The Bertz CT molecular complexity index is 572. The van der Waals surface area contributed by atoms with Crippen LogP contribution in [0, 0.1) is 11.8 Å². The van der Waals surface area contributed by atoms with Crippen LogP contribution >= 0.6 is 0 Å². The number of fused-ring (bicyclic) bond motifs is 1. The maximum absolute atomic E-state index is 12.5. The molecule has 0 spiro atoms. The van der Waals surface area contributed by atoms with Crippen LogP contribution in [-0.2, 0) is 4.74 Å². The maximum Gasteiger partial charge on any atom is 0.253 e. The van der Waals surface area contributed by atoms with Gasteiger partial charge in [0.1, 0.15) is 0 Å². The summed E-state index contributed by atoms with van der Waals surface area (Å²) < 4.78 is 5.54. The second-order valence-corrected chi connectivity index (χ2v) is 7.99. The molecule has 3 fully saturated rings. The standard InChI is InChI=1S/C20H29N3O2/c1-25-19-12-15-10-18(11-16(15)13-19)22-17-4-8-23(9-5-17)20(24)14-2-6-21-7-3-14/h2-3,6-7,15-19,22H,4-5,8-13H2,1H3/t15-,16+,18?,19?. The van der Waals surface area contributed by atoms with Gasteiger partial charge in [0.2, 0.25) is 0 Å². The summed E-state index contributed by atoms with van der Waals surface area (Å²) in [5.74, 6) is 1.86. The third-order valence-electron chi connectivity index (χ3n) is 6.49. The van der Waals surface area contributed by atoms with Crippen molar-refractivity contribution in [1.82, 2.24) is 15.2 Å². The first kappa shape index (κ1) is 17.0. The number of nitrogens with one attached hydrogen (secondary N) is 1. The van der Waals surface area contributed by atoms with Crippen molar-refractivity contribution in [1.29, 1.82) is 0 Å². The predicted octanol–water partition coefficient (Wildman–Crippen LogP) is 2.48. The highest BCUT2D eigenvalue weighted by Gasteiger charge is 2.42. The van der Waals surface area contributed by atoms with Gasteiger partial charge < -0.3 is 15.0 Å². The van der Waals surface area contributed by atoms with E-state index in [4.69, 9.17) is 4.74 Å². The Labute approximate surface area is 150 Å². The molecule has 1 aromatic heterocycles. The number of carbonyl (C=O) groups excluding carboxylic acids is 1. The zero-order valence-corrected chi connectivity index (χ0v) is 15.1. The van der Waals surface area contributed by atoms with Crippen LogP contribution in [-0.4, -0.2) is 54.2 Å². The van der Waals surface area contributed by atoms with E-state index >= 15 is 0 Å². The van der Waals surface area contributed by atoms with Crippen molar-refractivity contribution in [3.8, 4) is 0 Å². The highest BCUT2D eigenvalue weighted by Crippen LogP contribution is 2.45. The van der Waals surface area contributed by atoms with Gasteiger partial charge in [-0.1, -0.05) is 0 Å². The van der Waals surface area contributed by atoms with Crippen LogP contribution in [0.5, 0.6) is 0 Å². The average Bonchev–Trinajstić information content (AvgIpc) is 3.20. The zero-order chi connectivity index (χ0) is 17.2. The predicted molar refractivity (Wildman–Crippen MR) is 96.3 cm³/mol. The molecular formula is C20H29N3O2. The van der Waals surface area contributed by atoms with Gasteiger partial charge in [-0.15, -0.1) is 0 Å². The Morgan fingerprint density at radius 3 is 2.32 bits per heavy atom. The Hall–Kier alpha value is -1.46. The van der Waals surface area contributed by atoms with Crippen molar-refractivity contribution in [3.63, 3.8) is 0 Å². The Morgan fingerprint density at radius 1 is 1.08 bits per heavy atom. The van der Waals surface area contributed by atoms with Crippen molar-refractivity contribution >= 4 is 5.91 Å². The number of carbonyl (C=O) groups is 1. The van der Waals surface area contributed by atoms with Crippen molar-refractivity contribution in [2.45, 2.75) is 56.7 Å². The monoisotopic (exact) mass is 343 g/mol. The van der Waals surface area contributed by atoms with Crippen molar-refractivity contribution in [2.75, 3.05) is 20.2 Å². The molecule has 2 heterocycles. The molecule has 0 radical (unpaired) electrons. The molecule has 1 saturated heterocycles. The summed E-state index contributed by atoms with van der Waals surface area (Å²) in [6.45, 7) is 1.70. The molecule has 136 valence electrons. The largest absolute Gasteiger partial charge is 0.381 e. The molecule has 1 aromatic rings. The number of amides is 1. The molecule has 1 aliphatic heterocycles. The molecule has 1 amide bonds. The van der Waals surface area contributed by atoms with E-state index in [0.717, 1.165) is 43.3 Å². The molecule has 3 aliphatic rings. The van der Waals surface area contributed by atoms with Gasteiger partial charge in [0.05, 0.1) is 6.10 Å². The van der Waals surface area contributed by atoms with Gasteiger partial charge in [0, 0.05) is 50.2 Å². The summed E-state index contributed by atoms with van der Waals surface area (Å²) >= 11 is 0. The van der Waals surface area contributed by atoms with Crippen LogP contribution in [0.1, 0.15) is 48.9 Å². The SMILES string of the molecule is COC1C[C@H]2CC(NC3CCN(C(=O)c4ccncc4)CC3)C[C@H]2C1. The Morgan fingerprint density at radius 2 is 1.72 bits per heavy atom. The minimum absolute atomic E-state index is 0.141. The number of hydrogen-bond acceptors (Lipinski definition) is 4. The first-order chi connectivity index (χ1) is 12.2. The number of nitrogens with zero attached hydrogens (tertiary/aromatic N) is 2. The zero-order valence-electron chi connectivity index (χ0n) is 15.1. The number of aromatic nitrogens is 1. The third-order valence-corrected chi connectivity index (χ3v) is 6.49. The molecule has 5 heteroatoms. The van der Waals surface area contributed by atoms with E-state index in [2.05, 4.69) is 10.3 Å². The highest BCUT2D eigenvalue weighted by atomic mass is 16.5. The van der Waals surface area contributed by atoms with Crippen LogP contribution in [0.4, 0.5) is 0 Å². The van der Waals surface area contributed by atoms with Crippen LogP contribution < -0.4 is 5.32 Å². The number of piperidine rings is 1. The van der Waals surface area contributed by atoms with Crippen LogP contribution in [0.15, 0.2) is 24.5 Å². The minimum Gasteiger partial charge on any atom is -0.381 e. The summed E-state index contributed by atoms with van der Waals surface area (Å²) in [6, 6.07) is 4.83. The topological polar surface area (TPSA) is 54.5 Å². The molecule has 4 atom stereocenters. The minimum atomic E-state index is 0.141. The van der Waals surface area contributed by atoms with Crippen molar-refractivity contribution in [2.24, 2.45) is 11.8 Å². The van der Waals surface area contributed by atoms with Gasteiger partial charge in [-0.05, 0) is 62.5 Å². The molecule has 2 unspecified atom stereocenters. The first-order valence-corrected chi connectivity index (χ1v) is 9.71. The van der Waals surface area contributed by atoms with E-state index in [1.807, 2.05) is 12.0 Å². The number of rotatable bonds is 4. The quantitative estimate of drug-likeness (QED) is 0.912. The van der Waals surface area contributed by atoms with E-state index in [-0.39, 0.29) is 5.91 Å². The molecule has 25 heavy (non-hydrogen) atoms. The Kier molecular flexibility index (Phi) is 5.04. The third kappa shape index (κ3) is 3.72. The number of methoxy groups -OCH3 is 1. The van der Waals surface area contributed by atoms with Gasteiger partial charge in [-0.25, -0.2) is 0 Å². The van der Waals surface area contributed by atoms with Crippen LogP contribution in [0.2, 0.25) is 0 Å². The summed E-state index contributed by atoms with van der Waals surface area (Å²) in [6.07, 6.45) is 11.1. The van der Waals surface area contributed by atoms with Crippen LogP contribution in [0.3, 0.4) is 0 Å². The fourth-order valence-corrected chi connectivity index (χ4v) is 5.15. The fourth-order valence-electron chi connectivity index (χ4n) is 5.15. The lowest BCUT2D eigenvalue weighted by molar-refractivity contribution is 0.0700. The number of likely N-dealkylation sites (tertiary alicyclic amines) is 1. The van der Waals surface area contributed by atoms with E-state index in [0.29, 0.717) is 18.2 Å². The lowest BCUT2D eigenvalue weighted by Crippen LogP contribution is -2.47. The van der Waals surface area contributed by atoms with Gasteiger partial charge in [0.25, 0.3) is 5.91 Å². The highest BCUT2D eigenvalue weighted by molar-refractivity contribution is 5.94. The van der Waals surface area contributed by atoms with Gasteiger partial charge in [0.15, 0.2) is 0 Å². The average molecular weight is 343 g/mol. The fraction of sp³-hybridized carbons (Fsp3) is 0.700. The number of ether oxygens (including phenoxy) is 1. The van der Waals surface area contributed by atoms with Gasteiger partial charge in [-0.3, -0.25) is 9.78 Å². The van der Waals surface area contributed by atoms with E-state index < -0.39 is 0 Å². The molecule has 0 aromatic carbocycles. The molecule has 5 nitrogen and oxygen atoms in total. The van der Waals surface area contributed by atoms with Crippen LogP contribution in [0.25, 0.3) is 0 Å². The first-order valence-electron chi connectivity index (χ1n) is 9.71. The Balaban J connectivity index is 1.23. The molecule has 4 rings (SSSR count). The van der Waals surface area contributed by atoms with Gasteiger partial charge in [-0.2, -0.15) is 0 Å². The van der Waals surface area contributed by atoms with Gasteiger partial charge >= 0.3 is 0 Å². The summed E-state index contributed by atoms with van der Waals surface area (Å²) in [5.41, 5.74) is 0.748. The van der Waals surface area contributed by atoms with E-state index in [1.54, 1.807) is 24.5 Å². The summed E-state index contributed by atoms with van der Waals surface area (Å²) in [5, 5.41) is 3.89. The second kappa shape index (κ2) is 7.42. The molecule has 2 aliphatic carbocycles. The summed E-state index contributed by atoms with van der Waals surface area (Å²) in [7, 11) is 1.85. The number of pyridine rings is 1. The van der Waals surface area contributed by atoms with Crippen molar-refractivity contribution in [3.05, 3.63) is 30.1 Å². The lowest BCUT2D eigenvalue weighted by atomic mass is 10.0. The normalized spacial score (nSPS) is 32.8. The van der Waals surface area contributed by atoms with E-state index in [1.165, 1.54) is 25.7 Å². The summed E-state index contributed by atoms with van der Waals surface area (Å²) in [4.78, 5) is 18.5. The molecule has 2 saturated carbocycles. The molecule has 0 bridgehead atoms. The van der Waals surface area contributed by atoms with Crippen molar-refractivity contribution < 1.29 is 9.53 Å². The maximum atomic E-state index is 12.5. The smallest absolute Gasteiger partial charge is 0.253 e.